The number of nitrogens with one attached hydrogen (secondary N) is 8. The maximum Gasteiger partial charge on any atom is 0.0628 e. The van der Waals surface area contributed by atoms with Gasteiger partial charge in [-0.2, -0.15) is 156 Å². The van der Waals surface area contributed by atoms with Crippen LogP contribution in [0.5, 0.6) is 0 Å². The van der Waals surface area contributed by atoms with Gasteiger partial charge in [0.2, 0.25) is 0 Å². The van der Waals surface area contributed by atoms with Crippen LogP contribution in [0.3, 0.4) is 0 Å². The maximum atomic E-state index is 5.52. The summed E-state index contributed by atoms with van der Waals surface area (Å²) in [5.41, 5.74) is 0. The fourth-order valence-electron chi connectivity index (χ4n) is 13.3. The average Bonchev–Trinajstić information content (AvgIpc) is 4.14. The molecule has 8 N–H and O–H groups in total. The molecule has 4 aromatic carbocycles. The van der Waals surface area contributed by atoms with Crippen LogP contribution in [0.2, 0.25) is 40.2 Å². The summed E-state index contributed by atoms with van der Waals surface area (Å²) in [5.74, 6) is 5.84. The van der Waals surface area contributed by atoms with E-state index in [9.17, 15) is 0 Å². The molecule has 8 nitrogen and oxygen atoms in total. The van der Waals surface area contributed by atoms with Gasteiger partial charge in [-0.3, -0.25) is 42.5 Å². The van der Waals surface area contributed by atoms with E-state index in [0.717, 1.165) is 35.5 Å². The van der Waals surface area contributed by atoms with Crippen molar-refractivity contribution in [2.45, 2.75) is 146 Å². The van der Waals surface area contributed by atoms with Crippen LogP contribution in [-0.4, -0.2) is 49.3 Å². The Hall–Kier alpha value is -0.601. The van der Waals surface area contributed by atoms with E-state index in [1.165, 1.54) is 96.3 Å². The quantitative estimate of drug-likeness (QED) is 0.0652. The number of hydrogen-bond donors (Lipinski definition) is 8. The second kappa shape index (κ2) is 28.5. The predicted octanol–water partition coefficient (Wildman–Crippen LogP) is 13.6. The zero-order valence-corrected chi connectivity index (χ0v) is 47.7. The molecule has 13 rings (SSSR count). The molecule has 0 spiro atoms. The molecule has 9 fully saturated rings. The molecule has 4 aromatic rings. The Morgan fingerprint density at radius 3 is 0.740 bits per heavy atom. The number of hydrogen-bond acceptors (Lipinski definition) is 8. The number of rotatable bonds is 0. The molecule has 1 radical (unpaired) electrons. The number of benzene rings is 4. The summed E-state index contributed by atoms with van der Waals surface area (Å²) in [5, 5.41) is 38.7. The molecule has 403 valence electrons. The summed E-state index contributed by atoms with van der Waals surface area (Å²) in [4.78, 5) is 0. The van der Waals surface area contributed by atoms with Crippen LogP contribution < -0.4 is 42.5 Å². The predicted molar refractivity (Wildman–Crippen MR) is 298 cm³/mol. The van der Waals surface area contributed by atoms with Crippen molar-refractivity contribution in [3.63, 3.8) is 0 Å². The van der Waals surface area contributed by atoms with Crippen LogP contribution in [-0.2, 0) is 17.1 Å². The van der Waals surface area contributed by atoms with E-state index in [0.29, 0.717) is 101 Å². The van der Waals surface area contributed by atoms with Gasteiger partial charge in [0.15, 0.2) is 0 Å². The minimum absolute atomic E-state index is 0. The van der Waals surface area contributed by atoms with Gasteiger partial charge < -0.3 is 6.42 Å². The Labute approximate surface area is 485 Å². The van der Waals surface area contributed by atoms with Crippen molar-refractivity contribution >= 4 is 92.8 Å². The molecular formula is C56H67Cl8CuN8-5. The van der Waals surface area contributed by atoms with E-state index in [-0.39, 0.29) is 17.1 Å². The third-order valence-electron chi connectivity index (χ3n) is 16.6. The van der Waals surface area contributed by atoms with Crippen LogP contribution in [0.25, 0.3) is 0 Å². The Kier molecular flexibility index (Phi) is 22.9. The van der Waals surface area contributed by atoms with Crippen LogP contribution in [0.1, 0.15) is 96.3 Å². The van der Waals surface area contributed by atoms with Gasteiger partial charge >= 0.3 is 0 Å². The first-order valence-electron chi connectivity index (χ1n) is 26.2. The van der Waals surface area contributed by atoms with E-state index in [1.807, 2.05) is 0 Å². The molecule has 4 aliphatic carbocycles. The van der Waals surface area contributed by atoms with E-state index in [4.69, 9.17) is 92.8 Å². The van der Waals surface area contributed by atoms with Crippen LogP contribution >= 0.6 is 92.8 Å². The second-order valence-electron chi connectivity index (χ2n) is 20.8. The first-order chi connectivity index (χ1) is 34.9. The third kappa shape index (κ3) is 15.8. The van der Waals surface area contributed by atoms with Gasteiger partial charge in [-0.1, -0.05) is 85.1 Å². The largest absolute Gasteiger partial charge is 0.328 e. The fourth-order valence-corrected chi connectivity index (χ4v) is 14.3. The van der Waals surface area contributed by atoms with Gasteiger partial charge in [0.1, 0.15) is 0 Å². The topological polar surface area (TPSA) is 96.2 Å². The van der Waals surface area contributed by atoms with Crippen molar-refractivity contribution in [1.82, 2.24) is 42.5 Å². The van der Waals surface area contributed by atoms with Gasteiger partial charge in [0, 0.05) is 17.1 Å². The molecular weight excluding hydrogens is 1130 g/mol. The van der Waals surface area contributed by atoms with Crippen molar-refractivity contribution in [1.29, 1.82) is 0 Å². The molecule has 4 saturated carbocycles. The Morgan fingerprint density at radius 2 is 0.534 bits per heavy atom. The maximum absolute atomic E-state index is 5.52. The molecule has 8 bridgehead atoms. The summed E-state index contributed by atoms with van der Waals surface area (Å²) in [7, 11) is 0. The van der Waals surface area contributed by atoms with Crippen LogP contribution in [0.4, 0.5) is 0 Å². The van der Waals surface area contributed by atoms with Crippen molar-refractivity contribution < 1.29 is 17.1 Å². The Bertz CT molecular complexity index is 1800. The molecule has 0 aromatic heterocycles. The molecule has 17 heteroatoms. The second-order valence-corrected chi connectivity index (χ2v) is 24.2. The van der Waals surface area contributed by atoms with Gasteiger partial charge in [-0.15, -0.1) is 46.4 Å². The summed E-state index contributed by atoms with van der Waals surface area (Å²) in [6.45, 7) is 0. The molecule has 5 saturated heterocycles. The van der Waals surface area contributed by atoms with Gasteiger partial charge in [-0.05, 0) is 85.9 Å². The monoisotopic (exact) mass is 1190 g/mol. The van der Waals surface area contributed by atoms with Crippen molar-refractivity contribution in [3.05, 3.63) is 144 Å². The summed E-state index contributed by atoms with van der Waals surface area (Å²) >= 11 is 44.1. The van der Waals surface area contributed by atoms with E-state index in [1.54, 1.807) is 72.8 Å². The average molecular weight is 1200 g/mol. The van der Waals surface area contributed by atoms with Crippen LogP contribution in [0, 0.1) is 78.0 Å². The van der Waals surface area contributed by atoms with Gasteiger partial charge in [0.05, 0.1) is 49.3 Å². The van der Waals surface area contributed by atoms with Crippen molar-refractivity contribution in [3.8, 4) is 0 Å². The summed E-state index contributed by atoms with van der Waals surface area (Å²) in [6, 6.07) is 31.1. The van der Waals surface area contributed by atoms with E-state index < -0.39 is 0 Å². The molecule has 5 aliphatic heterocycles. The Balaban J connectivity index is 0.000000173. The zero-order chi connectivity index (χ0) is 50.1. The minimum Gasteiger partial charge on any atom is -0.328 e. The first kappa shape index (κ1) is 58.5. The summed E-state index contributed by atoms with van der Waals surface area (Å²) in [6.07, 6.45) is 26.3. The Morgan fingerprint density at radius 1 is 0.315 bits per heavy atom. The number of halogens is 8. The molecule has 73 heavy (non-hydrogen) atoms. The van der Waals surface area contributed by atoms with E-state index in [2.05, 4.69) is 73.2 Å². The van der Waals surface area contributed by atoms with Crippen molar-refractivity contribution in [2.24, 2.45) is 47.3 Å². The van der Waals surface area contributed by atoms with E-state index >= 15 is 0 Å². The first-order valence-corrected chi connectivity index (χ1v) is 29.2. The zero-order valence-electron chi connectivity index (χ0n) is 40.7. The molecule has 9 aliphatic rings. The smallest absolute Gasteiger partial charge is 0.0628 e. The molecule has 16 unspecified atom stereocenters. The fraction of sp³-hybridized carbons (Fsp3) is 0.554. The molecule has 0 amide bonds. The normalized spacial score (nSPS) is 35.6. The molecule has 16 atom stereocenters. The minimum atomic E-state index is 0. The van der Waals surface area contributed by atoms with Crippen LogP contribution in [0.15, 0.2) is 72.8 Å². The van der Waals surface area contributed by atoms with Gasteiger partial charge in [0.25, 0.3) is 0 Å². The van der Waals surface area contributed by atoms with Crippen molar-refractivity contribution in [2.75, 3.05) is 0 Å². The third-order valence-corrected chi connectivity index (χ3v) is 18.4. The number of fused-ring (bicyclic) bond motifs is 20. The van der Waals surface area contributed by atoms with Gasteiger partial charge in [-0.25, -0.2) is 0 Å². The SMILES string of the molecule is Clc1[c-]cc(Cl)cc1.Clc1[c-]cc(Cl)cc1.Clc1[c-]cc(Cl)cc1.Clc1[c-]cc(Cl)cc1.[CH-]1CCC2C3NC(NC4NC(NC5NC(NC6NC(N3)C3CCCCC63)C3CCCCC53)C3CCCCC43)C2C1.[Cu]. The molecule has 5 heterocycles. The standard InChI is InChI=1S/C32H55N8.4C6H3Cl2.Cu/c1-2-10-18-17(9-1)25-33-26(18)38-28-21-13-5-6-14-22(21)30(35-28)40-32-24-16-8-7-15-23(24)31(36-32)39-29-20-12-4-3-11-19(20)27(34-29)37-25;4*7-5-1-2-6(8)4-3-5;/h1,17-40H,2-16H2;4*1-3H;/q5*-1;. The summed E-state index contributed by atoms with van der Waals surface area (Å²) < 4.78 is 0.